The van der Waals surface area contributed by atoms with Gasteiger partial charge in [0.2, 0.25) is 6.29 Å². The quantitative estimate of drug-likeness (QED) is 0.483. The van der Waals surface area contributed by atoms with E-state index in [-0.39, 0.29) is 16.8 Å². The lowest BCUT2D eigenvalue weighted by Crippen LogP contribution is -2.60. The van der Waals surface area contributed by atoms with Crippen molar-refractivity contribution in [2.75, 3.05) is 6.61 Å². The molecule has 0 aliphatic carbocycles. The zero-order valence-corrected chi connectivity index (χ0v) is 16.3. The van der Waals surface area contributed by atoms with E-state index in [2.05, 4.69) is 0 Å². The molecule has 0 spiro atoms. The Morgan fingerprint density at radius 3 is 2.43 bits per heavy atom. The monoisotopic (exact) mass is 434 g/mol. The molecule has 158 valence electrons. The van der Waals surface area contributed by atoms with Gasteiger partial charge in [-0.25, -0.2) is 0 Å². The molecular formula is C21H19ClO8. The van der Waals surface area contributed by atoms with Gasteiger partial charge >= 0.3 is 0 Å². The average Bonchev–Trinajstić information content (AvgIpc) is 2.75. The molecule has 1 saturated heterocycles. The molecule has 5 atom stereocenters. The Bertz CT molecular complexity index is 1090. The van der Waals surface area contributed by atoms with Gasteiger partial charge in [0.25, 0.3) is 0 Å². The highest BCUT2D eigenvalue weighted by Gasteiger charge is 2.44. The fourth-order valence-corrected chi connectivity index (χ4v) is 3.44. The van der Waals surface area contributed by atoms with Crippen LogP contribution in [0, 0.1) is 0 Å². The van der Waals surface area contributed by atoms with Gasteiger partial charge in [0, 0.05) is 11.1 Å². The smallest absolute Gasteiger partial charge is 0.229 e. The minimum absolute atomic E-state index is 0.203. The number of fused-ring (bicyclic) bond motifs is 1. The summed E-state index contributed by atoms with van der Waals surface area (Å²) in [5.74, 6) is 0.203. The second-order valence-electron chi connectivity index (χ2n) is 6.96. The van der Waals surface area contributed by atoms with Gasteiger partial charge in [-0.1, -0.05) is 23.7 Å². The molecule has 2 heterocycles. The van der Waals surface area contributed by atoms with Crippen molar-refractivity contribution in [2.24, 2.45) is 0 Å². The Morgan fingerprint density at radius 1 is 1.00 bits per heavy atom. The third-order valence-corrected chi connectivity index (χ3v) is 5.25. The highest BCUT2D eigenvalue weighted by atomic mass is 35.5. The minimum Gasteiger partial charge on any atom is -0.463 e. The summed E-state index contributed by atoms with van der Waals surface area (Å²) in [5, 5.41) is 40.0. The van der Waals surface area contributed by atoms with Crippen LogP contribution in [0.4, 0.5) is 0 Å². The number of rotatable bonds is 4. The molecule has 0 unspecified atom stereocenters. The standard InChI is InChI=1S/C21H19ClO8/c22-11-3-1-10(2-4-11)14-9-28-15-7-12(5-6-13(15)17(14)24)29-21-20(27)19(26)18(25)16(8-23)30-21/h1-7,9,16,18-21,23,25-27H,8H2/t16-,18-,19+,20-,21-/m1/s1. The number of halogens is 1. The van der Waals surface area contributed by atoms with E-state index in [1.54, 1.807) is 24.3 Å². The number of aliphatic hydroxyl groups excluding tert-OH is 4. The predicted octanol–water partition coefficient (Wildman–Crippen LogP) is 1.29. The Morgan fingerprint density at radius 2 is 1.73 bits per heavy atom. The van der Waals surface area contributed by atoms with Crippen LogP contribution in [-0.2, 0) is 4.74 Å². The first-order valence-electron chi connectivity index (χ1n) is 9.17. The fourth-order valence-electron chi connectivity index (χ4n) is 3.31. The summed E-state index contributed by atoms with van der Waals surface area (Å²) in [6, 6.07) is 11.3. The lowest BCUT2D eigenvalue weighted by atomic mass is 9.99. The molecule has 1 aliphatic rings. The van der Waals surface area contributed by atoms with Gasteiger partial charge in [-0.3, -0.25) is 4.79 Å². The van der Waals surface area contributed by atoms with Crippen LogP contribution in [0.1, 0.15) is 0 Å². The molecule has 0 bridgehead atoms. The van der Waals surface area contributed by atoms with Crippen LogP contribution in [0.5, 0.6) is 5.75 Å². The molecule has 4 rings (SSSR count). The maximum atomic E-state index is 12.8. The van der Waals surface area contributed by atoms with Crippen molar-refractivity contribution < 1.29 is 34.3 Å². The summed E-state index contributed by atoms with van der Waals surface area (Å²) < 4.78 is 16.5. The second kappa shape index (κ2) is 8.35. The molecule has 0 saturated carbocycles. The molecule has 3 aromatic rings. The van der Waals surface area contributed by atoms with E-state index in [1.807, 2.05) is 0 Å². The van der Waals surface area contributed by atoms with Gasteiger partial charge < -0.3 is 34.3 Å². The Hall–Kier alpha value is -2.46. The van der Waals surface area contributed by atoms with E-state index in [0.29, 0.717) is 21.5 Å². The normalized spacial score (nSPS) is 26.6. The number of aliphatic hydroxyl groups is 4. The molecule has 0 amide bonds. The summed E-state index contributed by atoms with van der Waals surface area (Å²) in [7, 11) is 0. The van der Waals surface area contributed by atoms with Gasteiger partial charge in [0.1, 0.15) is 42.0 Å². The number of ether oxygens (including phenoxy) is 2. The van der Waals surface area contributed by atoms with E-state index in [1.165, 1.54) is 24.5 Å². The molecule has 1 fully saturated rings. The summed E-state index contributed by atoms with van der Waals surface area (Å²) in [6.07, 6.45) is -5.66. The SMILES string of the molecule is O=c1c(-c2ccc(Cl)cc2)coc2cc(O[C@@H]3O[C@H](CO)[C@@H](O)[C@H](O)[C@H]3O)ccc12. The molecule has 4 N–H and O–H groups in total. The minimum atomic E-state index is -1.55. The summed E-state index contributed by atoms with van der Waals surface area (Å²) in [6.45, 7) is -0.565. The summed E-state index contributed by atoms with van der Waals surface area (Å²) in [4.78, 5) is 12.8. The predicted molar refractivity (Wildman–Crippen MR) is 107 cm³/mol. The Kier molecular flexibility index (Phi) is 5.79. The van der Waals surface area contributed by atoms with Crippen molar-refractivity contribution in [1.29, 1.82) is 0 Å². The van der Waals surface area contributed by atoms with Gasteiger partial charge in [0.05, 0.1) is 17.6 Å². The zero-order valence-electron chi connectivity index (χ0n) is 15.5. The second-order valence-corrected chi connectivity index (χ2v) is 7.39. The molecular weight excluding hydrogens is 416 g/mol. The van der Waals surface area contributed by atoms with Crippen LogP contribution >= 0.6 is 11.6 Å². The van der Waals surface area contributed by atoms with Crippen molar-refractivity contribution in [3.05, 3.63) is 64.0 Å². The Labute approximate surface area is 175 Å². The maximum Gasteiger partial charge on any atom is 0.229 e. The number of hydrogen-bond donors (Lipinski definition) is 4. The third-order valence-electron chi connectivity index (χ3n) is 5.00. The van der Waals surface area contributed by atoms with E-state index in [9.17, 15) is 25.2 Å². The summed E-state index contributed by atoms with van der Waals surface area (Å²) in [5.41, 5.74) is 1.05. The highest BCUT2D eigenvalue weighted by Crippen LogP contribution is 2.27. The van der Waals surface area contributed by atoms with Gasteiger partial charge in [0.15, 0.2) is 5.43 Å². The van der Waals surface area contributed by atoms with Crippen LogP contribution in [0.25, 0.3) is 22.1 Å². The van der Waals surface area contributed by atoms with Crippen LogP contribution in [0.3, 0.4) is 0 Å². The van der Waals surface area contributed by atoms with Crippen LogP contribution in [0.15, 0.2) is 57.9 Å². The topological polar surface area (TPSA) is 130 Å². The fraction of sp³-hybridized carbons (Fsp3) is 0.286. The lowest BCUT2D eigenvalue weighted by molar-refractivity contribution is -0.277. The van der Waals surface area contributed by atoms with Crippen molar-refractivity contribution in [3.63, 3.8) is 0 Å². The van der Waals surface area contributed by atoms with Crippen molar-refractivity contribution in [3.8, 4) is 16.9 Å². The number of benzene rings is 2. The maximum absolute atomic E-state index is 12.8. The van der Waals surface area contributed by atoms with Crippen molar-refractivity contribution >= 4 is 22.6 Å². The zero-order chi connectivity index (χ0) is 21.4. The van der Waals surface area contributed by atoms with Crippen molar-refractivity contribution in [1.82, 2.24) is 0 Å². The van der Waals surface area contributed by atoms with Gasteiger partial charge in [-0.2, -0.15) is 0 Å². The van der Waals surface area contributed by atoms with Crippen molar-refractivity contribution in [2.45, 2.75) is 30.7 Å². The van der Waals surface area contributed by atoms with Gasteiger partial charge in [-0.05, 0) is 29.8 Å². The van der Waals surface area contributed by atoms with E-state index < -0.39 is 37.3 Å². The van der Waals surface area contributed by atoms with E-state index in [0.717, 1.165) is 0 Å². The molecule has 1 aliphatic heterocycles. The van der Waals surface area contributed by atoms with E-state index in [4.69, 9.17) is 25.5 Å². The first kappa shape index (κ1) is 20.8. The first-order valence-corrected chi connectivity index (χ1v) is 9.55. The highest BCUT2D eigenvalue weighted by molar-refractivity contribution is 6.30. The molecule has 9 heteroatoms. The van der Waals surface area contributed by atoms with Crippen LogP contribution in [0.2, 0.25) is 5.02 Å². The molecule has 2 aromatic carbocycles. The number of hydrogen-bond acceptors (Lipinski definition) is 8. The summed E-state index contributed by atoms with van der Waals surface area (Å²) >= 11 is 5.89. The lowest BCUT2D eigenvalue weighted by Gasteiger charge is -2.39. The molecule has 8 nitrogen and oxygen atoms in total. The molecule has 30 heavy (non-hydrogen) atoms. The molecule has 1 aromatic heterocycles. The van der Waals surface area contributed by atoms with Crippen LogP contribution in [-0.4, -0.2) is 57.7 Å². The van der Waals surface area contributed by atoms with E-state index >= 15 is 0 Å². The average molecular weight is 435 g/mol. The largest absolute Gasteiger partial charge is 0.463 e. The molecule has 0 radical (unpaired) electrons. The first-order chi connectivity index (χ1) is 14.4. The van der Waals surface area contributed by atoms with Gasteiger partial charge in [-0.15, -0.1) is 0 Å². The Balaban J connectivity index is 1.62. The van der Waals surface area contributed by atoms with Crippen LogP contribution < -0.4 is 10.2 Å². The third kappa shape index (κ3) is 3.81.